The van der Waals surface area contributed by atoms with E-state index in [2.05, 4.69) is 31.8 Å². The molecule has 5 heterocycles. The van der Waals surface area contributed by atoms with Crippen LogP contribution in [0.4, 0.5) is 10.1 Å². The molecule has 3 aromatic heterocycles. The van der Waals surface area contributed by atoms with Crippen molar-refractivity contribution in [1.82, 2.24) is 29.4 Å². The summed E-state index contributed by atoms with van der Waals surface area (Å²) in [6, 6.07) is 5.33. The van der Waals surface area contributed by atoms with Gasteiger partial charge in [-0.1, -0.05) is 0 Å². The summed E-state index contributed by atoms with van der Waals surface area (Å²) >= 11 is 0. The van der Waals surface area contributed by atoms with E-state index in [0.717, 1.165) is 68.7 Å². The Bertz CT molecular complexity index is 1450. The molecule has 0 aliphatic carbocycles. The summed E-state index contributed by atoms with van der Waals surface area (Å²) in [5.41, 5.74) is 3.90. The van der Waals surface area contributed by atoms with Gasteiger partial charge in [-0.2, -0.15) is 5.10 Å². The number of H-pyrrole nitrogens is 1. The Balaban J connectivity index is 1.26. The maximum atomic E-state index is 14.1. The SMILES string of the molecule is Cc1cc2c(-c3cnn4cc(N5CCC(N6CCN(C)CC6)CC5)cnc34)cc(=O)[nH]c2cc1F. The summed E-state index contributed by atoms with van der Waals surface area (Å²) in [4.78, 5) is 27.2. The highest BCUT2D eigenvalue weighted by Gasteiger charge is 2.27. The molecule has 35 heavy (non-hydrogen) atoms. The van der Waals surface area contributed by atoms with Crippen molar-refractivity contribution in [2.24, 2.45) is 0 Å². The van der Waals surface area contributed by atoms with E-state index in [-0.39, 0.29) is 11.4 Å². The zero-order valence-electron chi connectivity index (χ0n) is 20.2. The third kappa shape index (κ3) is 4.08. The van der Waals surface area contributed by atoms with Crippen molar-refractivity contribution in [3.05, 3.63) is 58.5 Å². The quantitative estimate of drug-likeness (QED) is 0.491. The lowest BCUT2D eigenvalue weighted by atomic mass is 10.0. The molecule has 0 spiro atoms. The molecule has 1 N–H and O–H groups in total. The van der Waals surface area contributed by atoms with E-state index < -0.39 is 0 Å². The number of nitrogens with one attached hydrogen (secondary N) is 1. The summed E-state index contributed by atoms with van der Waals surface area (Å²) in [5, 5.41) is 5.32. The summed E-state index contributed by atoms with van der Waals surface area (Å²) < 4.78 is 15.9. The van der Waals surface area contributed by atoms with Crippen molar-refractivity contribution in [3.63, 3.8) is 0 Å². The van der Waals surface area contributed by atoms with Crippen LogP contribution in [0.5, 0.6) is 0 Å². The van der Waals surface area contributed by atoms with Gasteiger partial charge in [-0.15, -0.1) is 0 Å². The number of aromatic nitrogens is 4. The molecule has 8 nitrogen and oxygen atoms in total. The van der Waals surface area contributed by atoms with Crippen LogP contribution in [0.2, 0.25) is 0 Å². The summed E-state index contributed by atoms with van der Waals surface area (Å²) in [7, 11) is 2.20. The molecule has 2 saturated heterocycles. The van der Waals surface area contributed by atoms with Crippen LogP contribution in [0.1, 0.15) is 18.4 Å². The van der Waals surface area contributed by atoms with Crippen molar-refractivity contribution < 1.29 is 4.39 Å². The highest BCUT2D eigenvalue weighted by Crippen LogP contribution is 2.31. The van der Waals surface area contributed by atoms with Crippen molar-refractivity contribution in [2.75, 3.05) is 51.2 Å². The first-order chi connectivity index (χ1) is 17.0. The molecule has 0 unspecified atom stereocenters. The molecule has 182 valence electrons. The van der Waals surface area contributed by atoms with Crippen LogP contribution in [-0.2, 0) is 0 Å². The Kier molecular flexibility index (Phi) is 5.53. The molecule has 2 aliphatic rings. The third-order valence-electron chi connectivity index (χ3n) is 7.64. The van der Waals surface area contributed by atoms with Gasteiger partial charge in [-0.25, -0.2) is 13.9 Å². The maximum absolute atomic E-state index is 14.1. The summed E-state index contributed by atoms with van der Waals surface area (Å²) in [6.07, 6.45) is 7.96. The average Bonchev–Trinajstić information content (AvgIpc) is 3.28. The number of rotatable bonds is 3. The second kappa shape index (κ2) is 8.73. The molecular formula is C26H30FN7O. The van der Waals surface area contributed by atoms with Crippen LogP contribution in [0.15, 0.2) is 41.6 Å². The predicted octanol–water partition coefficient (Wildman–Crippen LogP) is 2.90. The minimum atomic E-state index is -0.343. The van der Waals surface area contributed by atoms with Gasteiger partial charge in [0.2, 0.25) is 5.56 Å². The number of likely N-dealkylation sites (N-methyl/N-ethyl adjacent to an activating group) is 1. The van der Waals surface area contributed by atoms with E-state index >= 15 is 0 Å². The largest absolute Gasteiger partial charge is 0.369 e. The minimum Gasteiger partial charge on any atom is -0.369 e. The van der Waals surface area contributed by atoms with Crippen LogP contribution in [-0.4, -0.2) is 81.7 Å². The Morgan fingerprint density at radius 2 is 1.77 bits per heavy atom. The first kappa shape index (κ1) is 22.2. The van der Waals surface area contributed by atoms with Crippen molar-refractivity contribution in [1.29, 1.82) is 0 Å². The lowest BCUT2D eigenvalue weighted by Gasteiger charge is -2.42. The van der Waals surface area contributed by atoms with E-state index in [4.69, 9.17) is 4.98 Å². The number of piperazine rings is 1. The van der Waals surface area contributed by atoms with E-state index in [1.54, 1.807) is 23.7 Å². The molecule has 6 rings (SSSR count). The van der Waals surface area contributed by atoms with Crippen LogP contribution in [0.3, 0.4) is 0 Å². The molecule has 2 fully saturated rings. The molecule has 9 heteroatoms. The smallest absolute Gasteiger partial charge is 0.249 e. The van der Waals surface area contributed by atoms with Gasteiger partial charge in [0.1, 0.15) is 5.82 Å². The monoisotopic (exact) mass is 475 g/mol. The van der Waals surface area contributed by atoms with Crippen molar-refractivity contribution in [2.45, 2.75) is 25.8 Å². The first-order valence-electron chi connectivity index (χ1n) is 12.3. The Labute approximate surface area is 203 Å². The fraction of sp³-hybridized carbons (Fsp3) is 0.423. The topological polar surface area (TPSA) is 72.8 Å². The lowest BCUT2D eigenvalue weighted by molar-refractivity contribution is 0.0982. The predicted molar refractivity (Wildman–Crippen MR) is 136 cm³/mol. The molecule has 0 radical (unpaired) electrons. The van der Waals surface area contributed by atoms with Crippen molar-refractivity contribution >= 4 is 22.2 Å². The van der Waals surface area contributed by atoms with Gasteiger partial charge < -0.3 is 14.8 Å². The number of hydrogen-bond acceptors (Lipinski definition) is 6. The zero-order chi connectivity index (χ0) is 24.1. The van der Waals surface area contributed by atoms with Crippen LogP contribution in [0, 0.1) is 12.7 Å². The molecular weight excluding hydrogens is 445 g/mol. The number of hydrogen-bond donors (Lipinski definition) is 1. The van der Waals surface area contributed by atoms with Gasteiger partial charge in [-0.05, 0) is 44.5 Å². The maximum Gasteiger partial charge on any atom is 0.249 e. The summed E-state index contributed by atoms with van der Waals surface area (Å²) in [5.74, 6) is -0.343. The Morgan fingerprint density at radius 1 is 1.00 bits per heavy atom. The van der Waals surface area contributed by atoms with Gasteiger partial charge in [0.25, 0.3) is 0 Å². The molecule has 4 aromatic rings. The highest BCUT2D eigenvalue weighted by atomic mass is 19.1. The number of nitrogens with zero attached hydrogens (tertiary/aromatic N) is 6. The number of anilines is 1. The average molecular weight is 476 g/mol. The second-order valence-corrected chi connectivity index (χ2v) is 9.89. The molecule has 0 amide bonds. The number of piperidine rings is 1. The molecule has 0 saturated carbocycles. The number of halogens is 1. The minimum absolute atomic E-state index is 0.282. The standard InChI is InChI=1S/C26H30FN7O/c1-17-11-21-20(12-25(35)30-24(21)13-23(17)27)22-15-29-34-16-19(14-28-26(22)34)32-5-3-18(4-6-32)33-9-7-31(2)8-10-33/h11-16,18H,3-10H2,1-2H3,(H,30,35). The van der Waals surface area contributed by atoms with Crippen molar-refractivity contribution in [3.8, 4) is 11.1 Å². The zero-order valence-corrected chi connectivity index (χ0v) is 20.2. The van der Waals surface area contributed by atoms with E-state index in [1.165, 1.54) is 12.1 Å². The molecule has 0 atom stereocenters. The van der Waals surface area contributed by atoms with Gasteiger partial charge in [-0.3, -0.25) is 9.69 Å². The van der Waals surface area contributed by atoms with Crippen LogP contribution >= 0.6 is 0 Å². The van der Waals surface area contributed by atoms with Gasteiger partial charge in [0, 0.05) is 67.9 Å². The number of fused-ring (bicyclic) bond motifs is 2. The number of aryl methyl sites for hydroxylation is 1. The van der Waals surface area contributed by atoms with Crippen LogP contribution < -0.4 is 10.5 Å². The molecule has 2 aliphatic heterocycles. The third-order valence-corrected chi connectivity index (χ3v) is 7.64. The Hall–Kier alpha value is -3.30. The second-order valence-electron chi connectivity index (χ2n) is 9.89. The number of aromatic amines is 1. The van der Waals surface area contributed by atoms with E-state index in [9.17, 15) is 9.18 Å². The fourth-order valence-electron chi connectivity index (χ4n) is 5.50. The molecule has 0 bridgehead atoms. The first-order valence-corrected chi connectivity index (χ1v) is 12.3. The number of pyridine rings is 1. The normalized spacial score (nSPS) is 18.7. The molecule has 1 aromatic carbocycles. The van der Waals surface area contributed by atoms with Gasteiger partial charge >= 0.3 is 0 Å². The fourth-order valence-corrected chi connectivity index (χ4v) is 5.50. The highest BCUT2D eigenvalue weighted by molar-refractivity contribution is 5.98. The lowest BCUT2D eigenvalue weighted by Crippen LogP contribution is -2.52. The number of benzene rings is 1. The van der Waals surface area contributed by atoms with Crippen LogP contribution in [0.25, 0.3) is 27.7 Å². The Morgan fingerprint density at radius 3 is 2.54 bits per heavy atom. The van der Waals surface area contributed by atoms with E-state index in [0.29, 0.717) is 28.3 Å². The van der Waals surface area contributed by atoms with E-state index in [1.807, 2.05) is 12.4 Å². The van der Waals surface area contributed by atoms with Gasteiger partial charge in [0.05, 0.1) is 29.8 Å². The summed E-state index contributed by atoms with van der Waals surface area (Å²) in [6.45, 7) is 8.35. The van der Waals surface area contributed by atoms with Gasteiger partial charge in [0.15, 0.2) is 5.65 Å².